The minimum absolute atomic E-state index is 0.320. The summed E-state index contributed by atoms with van der Waals surface area (Å²) in [7, 11) is 0. The van der Waals surface area contributed by atoms with Gasteiger partial charge in [0.2, 0.25) is 0 Å². The fraction of sp³-hybridized carbons (Fsp3) is 0.538. The minimum atomic E-state index is -0.802. The van der Waals surface area contributed by atoms with Crippen LogP contribution in [0, 0.1) is 11.6 Å². The van der Waals surface area contributed by atoms with Crippen molar-refractivity contribution < 1.29 is 13.5 Å². The van der Waals surface area contributed by atoms with E-state index in [-0.39, 0.29) is 0 Å². The van der Waals surface area contributed by atoms with Gasteiger partial charge >= 0.3 is 0 Å². The van der Waals surface area contributed by atoms with Crippen molar-refractivity contribution >= 4 is 0 Å². The summed E-state index contributed by atoms with van der Waals surface area (Å²) in [6.45, 7) is 4.41. The van der Waals surface area contributed by atoms with Crippen LogP contribution < -0.4 is 5.32 Å². The molecular weight excluding hydrogens is 224 g/mol. The maximum absolute atomic E-state index is 13.2. The second kappa shape index (κ2) is 8.14. The summed E-state index contributed by atoms with van der Waals surface area (Å²) >= 11 is 0. The van der Waals surface area contributed by atoms with E-state index in [9.17, 15) is 8.78 Å². The fourth-order valence-corrected chi connectivity index (χ4v) is 1.40. The standard InChI is InChI=1S/C13H19F2NO/c1-2-3-8-17-9-7-16-10-11-5-4-6-12(14)13(11)15/h4-6,16H,2-3,7-10H2,1H3. The molecule has 17 heavy (non-hydrogen) atoms. The first kappa shape index (κ1) is 14.1. The van der Waals surface area contributed by atoms with Gasteiger partial charge in [0.05, 0.1) is 6.61 Å². The molecule has 0 heterocycles. The molecule has 1 aromatic carbocycles. The van der Waals surface area contributed by atoms with Crippen molar-refractivity contribution in [3.63, 3.8) is 0 Å². The second-order valence-electron chi connectivity index (χ2n) is 3.86. The molecule has 96 valence electrons. The number of hydrogen-bond donors (Lipinski definition) is 1. The van der Waals surface area contributed by atoms with E-state index in [1.165, 1.54) is 6.07 Å². The van der Waals surface area contributed by atoms with E-state index < -0.39 is 11.6 Å². The lowest BCUT2D eigenvalue weighted by Gasteiger charge is -2.07. The third-order valence-electron chi connectivity index (χ3n) is 2.41. The van der Waals surface area contributed by atoms with E-state index in [4.69, 9.17) is 4.74 Å². The second-order valence-corrected chi connectivity index (χ2v) is 3.86. The summed E-state index contributed by atoms with van der Waals surface area (Å²) in [5.41, 5.74) is 0.346. The van der Waals surface area contributed by atoms with E-state index in [0.29, 0.717) is 25.3 Å². The molecule has 1 aromatic rings. The summed E-state index contributed by atoms with van der Waals surface area (Å²) in [5, 5.41) is 3.01. The molecule has 0 saturated carbocycles. The van der Waals surface area contributed by atoms with Gasteiger partial charge in [-0.15, -0.1) is 0 Å². The van der Waals surface area contributed by atoms with Crippen molar-refractivity contribution in [3.05, 3.63) is 35.4 Å². The van der Waals surface area contributed by atoms with Gasteiger partial charge in [-0.2, -0.15) is 0 Å². The van der Waals surface area contributed by atoms with Gasteiger partial charge in [0.25, 0.3) is 0 Å². The van der Waals surface area contributed by atoms with Crippen LogP contribution in [0.2, 0.25) is 0 Å². The molecule has 0 spiro atoms. The monoisotopic (exact) mass is 243 g/mol. The van der Waals surface area contributed by atoms with E-state index in [0.717, 1.165) is 25.5 Å². The number of rotatable bonds is 8. The Morgan fingerprint density at radius 1 is 1.24 bits per heavy atom. The number of benzene rings is 1. The number of unbranched alkanes of at least 4 members (excludes halogenated alkanes) is 1. The van der Waals surface area contributed by atoms with E-state index in [2.05, 4.69) is 12.2 Å². The topological polar surface area (TPSA) is 21.3 Å². The maximum Gasteiger partial charge on any atom is 0.163 e. The van der Waals surface area contributed by atoms with Gasteiger partial charge in [-0.05, 0) is 12.5 Å². The van der Waals surface area contributed by atoms with Crippen LogP contribution in [0.5, 0.6) is 0 Å². The van der Waals surface area contributed by atoms with Crippen LogP contribution in [-0.2, 0) is 11.3 Å². The number of hydrogen-bond acceptors (Lipinski definition) is 2. The van der Waals surface area contributed by atoms with Crippen LogP contribution in [-0.4, -0.2) is 19.8 Å². The van der Waals surface area contributed by atoms with Gasteiger partial charge in [-0.1, -0.05) is 25.5 Å². The molecule has 0 aliphatic rings. The maximum atomic E-state index is 13.2. The Morgan fingerprint density at radius 3 is 2.82 bits per heavy atom. The zero-order valence-electron chi connectivity index (χ0n) is 10.1. The molecule has 0 aromatic heterocycles. The fourth-order valence-electron chi connectivity index (χ4n) is 1.40. The van der Waals surface area contributed by atoms with E-state index in [1.807, 2.05) is 0 Å². The van der Waals surface area contributed by atoms with Gasteiger partial charge < -0.3 is 10.1 Å². The lowest BCUT2D eigenvalue weighted by atomic mass is 10.2. The van der Waals surface area contributed by atoms with E-state index >= 15 is 0 Å². The molecule has 0 amide bonds. The summed E-state index contributed by atoms with van der Waals surface area (Å²) < 4.78 is 31.4. The van der Waals surface area contributed by atoms with Crippen molar-refractivity contribution in [2.24, 2.45) is 0 Å². The smallest absolute Gasteiger partial charge is 0.163 e. The molecule has 4 heteroatoms. The van der Waals surface area contributed by atoms with Gasteiger partial charge in [0.15, 0.2) is 11.6 Å². The molecule has 0 radical (unpaired) electrons. The predicted octanol–water partition coefficient (Wildman–Crippen LogP) is 2.87. The van der Waals surface area contributed by atoms with Crippen molar-refractivity contribution in [1.82, 2.24) is 5.32 Å². The number of halogens is 2. The Kier molecular flexibility index (Phi) is 6.74. The highest BCUT2D eigenvalue weighted by Gasteiger charge is 2.06. The summed E-state index contributed by atoms with van der Waals surface area (Å²) in [4.78, 5) is 0. The molecular formula is C13H19F2NO. The molecule has 0 bridgehead atoms. The first-order valence-corrected chi connectivity index (χ1v) is 5.97. The van der Waals surface area contributed by atoms with E-state index in [1.54, 1.807) is 6.07 Å². The van der Waals surface area contributed by atoms with Crippen LogP contribution in [0.1, 0.15) is 25.3 Å². The lowest BCUT2D eigenvalue weighted by Crippen LogP contribution is -2.20. The molecule has 0 unspecified atom stereocenters. The molecule has 0 saturated heterocycles. The van der Waals surface area contributed by atoms with Crippen molar-refractivity contribution in [1.29, 1.82) is 0 Å². The Labute approximate surface area is 101 Å². The van der Waals surface area contributed by atoms with Crippen LogP contribution in [0.25, 0.3) is 0 Å². The number of nitrogens with one attached hydrogen (secondary N) is 1. The molecule has 2 nitrogen and oxygen atoms in total. The summed E-state index contributed by atoms with van der Waals surface area (Å²) in [6.07, 6.45) is 2.17. The van der Waals surface area contributed by atoms with Gasteiger partial charge in [-0.25, -0.2) is 8.78 Å². The average Bonchev–Trinajstić information content (AvgIpc) is 2.33. The highest BCUT2D eigenvalue weighted by atomic mass is 19.2. The normalized spacial score (nSPS) is 10.8. The zero-order chi connectivity index (χ0) is 12.5. The first-order chi connectivity index (χ1) is 8.25. The van der Waals surface area contributed by atoms with Crippen LogP contribution in [0.4, 0.5) is 8.78 Å². The lowest BCUT2D eigenvalue weighted by molar-refractivity contribution is 0.133. The zero-order valence-corrected chi connectivity index (χ0v) is 10.1. The molecule has 0 fully saturated rings. The van der Waals surface area contributed by atoms with Crippen molar-refractivity contribution in [3.8, 4) is 0 Å². The summed E-state index contributed by atoms with van der Waals surface area (Å²) in [5.74, 6) is -1.57. The van der Waals surface area contributed by atoms with Gasteiger partial charge in [-0.3, -0.25) is 0 Å². The van der Waals surface area contributed by atoms with Crippen LogP contribution in [0.3, 0.4) is 0 Å². The predicted molar refractivity (Wildman–Crippen MR) is 63.8 cm³/mol. The Balaban J connectivity index is 2.16. The Morgan fingerprint density at radius 2 is 2.06 bits per heavy atom. The van der Waals surface area contributed by atoms with Crippen LogP contribution in [0.15, 0.2) is 18.2 Å². The molecule has 1 rings (SSSR count). The third kappa shape index (κ3) is 5.24. The summed E-state index contributed by atoms with van der Waals surface area (Å²) in [6, 6.07) is 4.20. The molecule has 1 N–H and O–H groups in total. The molecule has 0 aliphatic carbocycles. The first-order valence-electron chi connectivity index (χ1n) is 5.97. The Bertz CT molecular complexity index is 331. The third-order valence-corrected chi connectivity index (χ3v) is 2.41. The highest BCUT2D eigenvalue weighted by molar-refractivity contribution is 5.18. The SMILES string of the molecule is CCCCOCCNCc1cccc(F)c1F. The minimum Gasteiger partial charge on any atom is -0.380 e. The van der Waals surface area contributed by atoms with Crippen molar-refractivity contribution in [2.75, 3.05) is 19.8 Å². The largest absolute Gasteiger partial charge is 0.380 e. The highest BCUT2D eigenvalue weighted by Crippen LogP contribution is 2.10. The molecule has 0 aliphatic heterocycles. The number of ether oxygens (including phenoxy) is 1. The van der Waals surface area contributed by atoms with Gasteiger partial charge in [0.1, 0.15) is 0 Å². The van der Waals surface area contributed by atoms with Crippen molar-refractivity contribution in [2.45, 2.75) is 26.3 Å². The Hall–Kier alpha value is -1.00. The average molecular weight is 243 g/mol. The van der Waals surface area contributed by atoms with Crippen LogP contribution >= 0.6 is 0 Å². The van der Waals surface area contributed by atoms with Gasteiger partial charge in [0, 0.05) is 25.3 Å². The quantitative estimate of drug-likeness (QED) is 0.709. The molecule has 0 atom stereocenters.